The van der Waals surface area contributed by atoms with Crippen molar-refractivity contribution in [3.05, 3.63) is 114 Å². The molecule has 9 heteroatoms. The third-order valence-corrected chi connectivity index (χ3v) is 6.45. The van der Waals surface area contributed by atoms with Gasteiger partial charge in [0, 0.05) is 42.4 Å². The van der Waals surface area contributed by atoms with E-state index in [0.717, 1.165) is 17.1 Å². The molecule has 2 atom stereocenters. The summed E-state index contributed by atoms with van der Waals surface area (Å²) in [7, 11) is 0. The van der Waals surface area contributed by atoms with Crippen LogP contribution in [0.1, 0.15) is 29.9 Å². The molecule has 5 rings (SSSR count). The molecule has 2 N–H and O–H groups in total. The van der Waals surface area contributed by atoms with Crippen molar-refractivity contribution in [2.24, 2.45) is 0 Å². The highest BCUT2D eigenvalue weighted by Gasteiger charge is 2.41. The van der Waals surface area contributed by atoms with Crippen molar-refractivity contribution >= 4 is 28.9 Å². The molecule has 6 nitrogen and oxygen atoms in total. The van der Waals surface area contributed by atoms with E-state index in [0.29, 0.717) is 17.3 Å². The number of halogens is 2. The van der Waals surface area contributed by atoms with Gasteiger partial charge in [0.1, 0.15) is 11.6 Å². The number of hydrogen-bond acceptors (Lipinski definition) is 3. The van der Waals surface area contributed by atoms with Gasteiger partial charge in [0.15, 0.2) is 5.11 Å². The zero-order valence-electron chi connectivity index (χ0n) is 19.1. The van der Waals surface area contributed by atoms with Gasteiger partial charge < -0.3 is 20.1 Å². The van der Waals surface area contributed by atoms with E-state index < -0.39 is 0 Å². The van der Waals surface area contributed by atoms with E-state index in [4.69, 9.17) is 12.2 Å². The van der Waals surface area contributed by atoms with Gasteiger partial charge in [-0.25, -0.2) is 8.78 Å². The van der Waals surface area contributed by atoms with Crippen LogP contribution in [-0.2, 0) is 4.79 Å². The van der Waals surface area contributed by atoms with Gasteiger partial charge in [-0.05, 0) is 85.0 Å². The topological polar surface area (TPSA) is 62.2 Å². The Morgan fingerprint density at radius 2 is 1.69 bits per heavy atom. The first-order chi connectivity index (χ1) is 17.5. The lowest BCUT2D eigenvalue weighted by molar-refractivity contribution is -0.116. The van der Waals surface area contributed by atoms with E-state index in [1.54, 1.807) is 18.3 Å². The Kier molecular flexibility index (Phi) is 6.73. The maximum absolute atomic E-state index is 13.6. The van der Waals surface area contributed by atoms with Crippen LogP contribution in [0.15, 0.2) is 91.3 Å². The van der Waals surface area contributed by atoms with E-state index in [9.17, 15) is 13.6 Å². The first-order valence-corrected chi connectivity index (χ1v) is 11.9. The monoisotopic (exact) mass is 503 g/mol. The van der Waals surface area contributed by atoms with Gasteiger partial charge in [-0.3, -0.25) is 9.78 Å². The van der Waals surface area contributed by atoms with Gasteiger partial charge in [0.2, 0.25) is 5.91 Å². The lowest BCUT2D eigenvalue weighted by Gasteiger charge is -2.28. The fraction of sp³-hybridized carbons (Fsp3) is 0.148. The number of thiocarbonyl (C=S) groups is 1. The van der Waals surface area contributed by atoms with Gasteiger partial charge >= 0.3 is 0 Å². The van der Waals surface area contributed by atoms with Gasteiger partial charge in [-0.2, -0.15) is 0 Å². The average Bonchev–Trinajstić information content (AvgIpc) is 3.49. The highest BCUT2D eigenvalue weighted by atomic mass is 32.1. The van der Waals surface area contributed by atoms with E-state index in [2.05, 4.69) is 15.6 Å². The van der Waals surface area contributed by atoms with Crippen molar-refractivity contribution in [2.45, 2.75) is 18.5 Å². The summed E-state index contributed by atoms with van der Waals surface area (Å²) in [5, 5.41) is 6.68. The minimum absolute atomic E-state index is 0.169. The lowest BCUT2D eigenvalue weighted by Crippen LogP contribution is -2.33. The Labute approximate surface area is 212 Å². The normalized spacial score (nSPS) is 17.2. The molecule has 0 spiro atoms. The number of hydrogen-bond donors (Lipinski definition) is 2. The third-order valence-electron chi connectivity index (χ3n) is 6.09. The molecule has 0 aliphatic carbocycles. The fourth-order valence-corrected chi connectivity index (χ4v) is 4.75. The quantitative estimate of drug-likeness (QED) is 0.342. The van der Waals surface area contributed by atoms with Crippen molar-refractivity contribution < 1.29 is 13.6 Å². The maximum Gasteiger partial charge on any atom is 0.226 e. The van der Waals surface area contributed by atoms with Crippen LogP contribution in [0.5, 0.6) is 0 Å². The van der Waals surface area contributed by atoms with Crippen LogP contribution in [0.4, 0.5) is 14.5 Å². The summed E-state index contributed by atoms with van der Waals surface area (Å²) < 4.78 is 28.7. The molecule has 3 heterocycles. The molecular weight excluding hydrogens is 480 g/mol. The number of nitrogens with zero attached hydrogens (tertiary/aromatic N) is 3. The number of benzene rings is 2. The Balaban J connectivity index is 1.43. The third kappa shape index (κ3) is 4.96. The summed E-state index contributed by atoms with van der Waals surface area (Å²) in [4.78, 5) is 19.2. The molecule has 36 heavy (non-hydrogen) atoms. The second-order valence-corrected chi connectivity index (χ2v) is 8.79. The Bertz CT molecular complexity index is 1360. The second-order valence-electron chi connectivity index (χ2n) is 8.40. The summed E-state index contributed by atoms with van der Waals surface area (Å²) in [6.07, 6.45) is 3.82. The molecule has 2 aromatic heterocycles. The van der Waals surface area contributed by atoms with Gasteiger partial charge in [0.05, 0.1) is 17.8 Å². The van der Waals surface area contributed by atoms with Crippen LogP contribution in [0.25, 0.3) is 5.69 Å². The van der Waals surface area contributed by atoms with Crippen LogP contribution in [0.3, 0.4) is 0 Å². The molecule has 1 aliphatic heterocycles. The smallest absolute Gasteiger partial charge is 0.226 e. The van der Waals surface area contributed by atoms with Crippen LogP contribution >= 0.6 is 12.2 Å². The summed E-state index contributed by atoms with van der Waals surface area (Å²) >= 11 is 5.70. The van der Waals surface area contributed by atoms with E-state index in [1.165, 1.54) is 36.4 Å². The van der Waals surface area contributed by atoms with E-state index in [1.807, 2.05) is 46.0 Å². The number of pyridine rings is 1. The molecule has 0 unspecified atom stereocenters. The number of rotatable bonds is 7. The van der Waals surface area contributed by atoms with E-state index in [-0.39, 0.29) is 36.0 Å². The summed E-state index contributed by atoms with van der Waals surface area (Å²) in [6, 6.07) is 21.0. The van der Waals surface area contributed by atoms with Crippen molar-refractivity contribution in [1.29, 1.82) is 0 Å². The number of aromatic nitrogens is 2. The van der Waals surface area contributed by atoms with Crippen molar-refractivity contribution in [2.75, 3.05) is 11.9 Å². The zero-order valence-corrected chi connectivity index (χ0v) is 20.0. The van der Waals surface area contributed by atoms with Gasteiger partial charge in [0.25, 0.3) is 0 Å². The standard InChI is InChI=1S/C27H23F2N5OS/c28-18-6-10-20(11-7-18)31-24(35)14-17-34-26(25(32-27(34)36)22-4-1-2-15-30-22)23-5-3-16-33(23)21-12-8-19(29)9-13-21/h1-13,15-16,25-26H,14,17H2,(H,31,35)(H,32,36)/t25-,26-/m1/s1. The molecule has 2 aromatic carbocycles. The minimum Gasteiger partial charge on any atom is -0.352 e. The first kappa shape index (κ1) is 23.6. The number of amides is 1. The highest BCUT2D eigenvalue weighted by Crippen LogP contribution is 2.39. The van der Waals surface area contributed by atoms with Gasteiger partial charge in [-0.15, -0.1) is 0 Å². The first-order valence-electron chi connectivity index (χ1n) is 11.5. The molecule has 1 fully saturated rings. The summed E-state index contributed by atoms with van der Waals surface area (Å²) in [6.45, 7) is 0.349. The molecule has 0 radical (unpaired) electrons. The molecular formula is C27H23F2N5OS. The number of anilines is 1. The predicted molar refractivity (Wildman–Crippen MR) is 138 cm³/mol. The number of carbonyl (C=O) groups is 1. The van der Waals surface area contributed by atoms with Crippen LogP contribution in [0, 0.1) is 11.6 Å². The Hall–Kier alpha value is -4.11. The number of nitrogens with one attached hydrogen (secondary N) is 2. The second kappa shape index (κ2) is 10.2. The van der Waals surface area contributed by atoms with Gasteiger partial charge in [-0.1, -0.05) is 6.07 Å². The fourth-order valence-electron chi connectivity index (χ4n) is 4.42. The average molecular weight is 504 g/mol. The van der Waals surface area contributed by atoms with Crippen LogP contribution in [-0.4, -0.2) is 32.0 Å². The molecule has 0 bridgehead atoms. The predicted octanol–water partition coefficient (Wildman–Crippen LogP) is 5.15. The zero-order chi connectivity index (χ0) is 25.1. The largest absolute Gasteiger partial charge is 0.352 e. The summed E-state index contributed by atoms with van der Waals surface area (Å²) in [5.41, 5.74) is 3.07. The van der Waals surface area contributed by atoms with Crippen LogP contribution < -0.4 is 10.6 Å². The minimum atomic E-state index is -0.367. The van der Waals surface area contributed by atoms with Crippen molar-refractivity contribution in [3.63, 3.8) is 0 Å². The molecule has 1 saturated heterocycles. The van der Waals surface area contributed by atoms with Crippen molar-refractivity contribution in [1.82, 2.24) is 19.8 Å². The maximum atomic E-state index is 13.6. The number of carbonyl (C=O) groups excluding carboxylic acids is 1. The Morgan fingerprint density at radius 1 is 0.972 bits per heavy atom. The molecule has 4 aromatic rings. The highest BCUT2D eigenvalue weighted by molar-refractivity contribution is 7.80. The molecule has 1 aliphatic rings. The summed E-state index contributed by atoms with van der Waals surface area (Å²) in [5.74, 6) is -0.885. The SMILES string of the molecule is O=C(CCN1C(=S)N[C@H](c2ccccn2)[C@H]1c1cccn1-c1ccc(F)cc1)Nc1ccc(F)cc1. The molecule has 0 saturated carbocycles. The molecule has 182 valence electrons. The Morgan fingerprint density at radius 3 is 2.39 bits per heavy atom. The van der Waals surface area contributed by atoms with Crippen molar-refractivity contribution in [3.8, 4) is 5.69 Å². The lowest BCUT2D eigenvalue weighted by atomic mass is 10.0. The van der Waals surface area contributed by atoms with E-state index >= 15 is 0 Å². The molecule has 1 amide bonds. The van der Waals surface area contributed by atoms with Crippen LogP contribution in [0.2, 0.25) is 0 Å².